The maximum atomic E-state index is 12.7. The minimum Gasteiger partial charge on any atom is -0.336 e. The van der Waals surface area contributed by atoms with Crippen molar-refractivity contribution in [2.45, 2.75) is 39.3 Å². The van der Waals surface area contributed by atoms with Crippen molar-refractivity contribution in [1.82, 2.24) is 10.6 Å². The van der Waals surface area contributed by atoms with E-state index in [2.05, 4.69) is 10.6 Å². The second-order valence-corrected chi connectivity index (χ2v) is 4.20. The number of hydrogen-bond acceptors (Lipinski definition) is 1. The largest absolute Gasteiger partial charge is 0.336 e. The Morgan fingerprint density at radius 3 is 2.35 bits per heavy atom. The van der Waals surface area contributed by atoms with Gasteiger partial charge in [0.2, 0.25) is 0 Å². The van der Waals surface area contributed by atoms with E-state index >= 15 is 0 Å². The molecule has 0 aliphatic carbocycles. The quantitative estimate of drug-likeness (QED) is 0.831. The summed E-state index contributed by atoms with van der Waals surface area (Å²) in [5.74, 6) is -0.273. The number of halogens is 1. The second-order valence-electron chi connectivity index (χ2n) is 4.20. The zero-order valence-electron chi connectivity index (χ0n) is 10.5. The molecule has 3 nitrogen and oxygen atoms in total. The lowest BCUT2D eigenvalue weighted by atomic mass is 10.1. The van der Waals surface area contributed by atoms with Crippen LogP contribution in [0.15, 0.2) is 24.3 Å². The molecule has 1 rings (SSSR count). The molecule has 17 heavy (non-hydrogen) atoms. The van der Waals surface area contributed by atoms with Gasteiger partial charge in [0.1, 0.15) is 5.82 Å². The van der Waals surface area contributed by atoms with Crippen LogP contribution in [0.3, 0.4) is 0 Å². The SMILES string of the molecule is CC[C@@H](C)NC(=O)N[C@@H](C)c1ccc(F)cc1. The maximum absolute atomic E-state index is 12.7. The third kappa shape index (κ3) is 4.43. The van der Waals surface area contributed by atoms with Crippen LogP contribution in [0, 0.1) is 5.82 Å². The van der Waals surface area contributed by atoms with Crippen LogP contribution in [0.1, 0.15) is 38.8 Å². The lowest BCUT2D eigenvalue weighted by molar-refractivity contribution is 0.234. The fourth-order valence-corrected chi connectivity index (χ4v) is 1.40. The first-order chi connectivity index (χ1) is 8.02. The third-order valence-electron chi connectivity index (χ3n) is 2.71. The molecule has 0 spiro atoms. The molecule has 0 saturated heterocycles. The summed E-state index contributed by atoms with van der Waals surface area (Å²) in [6.45, 7) is 5.82. The van der Waals surface area contributed by atoms with Gasteiger partial charge in [-0.05, 0) is 38.0 Å². The second kappa shape index (κ2) is 6.23. The van der Waals surface area contributed by atoms with Crippen molar-refractivity contribution >= 4 is 6.03 Å². The molecule has 4 heteroatoms. The highest BCUT2D eigenvalue weighted by Gasteiger charge is 2.10. The van der Waals surface area contributed by atoms with Crippen molar-refractivity contribution in [2.24, 2.45) is 0 Å². The lowest BCUT2D eigenvalue weighted by Gasteiger charge is -2.17. The Bertz CT molecular complexity index is 364. The molecule has 1 aromatic carbocycles. The van der Waals surface area contributed by atoms with Crippen LogP contribution in [0.25, 0.3) is 0 Å². The molecule has 1 aromatic rings. The molecule has 0 heterocycles. The Labute approximate surface area is 101 Å². The van der Waals surface area contributed by atoms with Crippen LogP contribution in [-0.2, 0) is 0 Å². The van der Waals surface area contributed by atoms with E-state index in [1.807, 2.05) is 20.8 Å². The van der Waals surface area contributed by atoms with Gasteiger partial charge in [0.05, 0.1) is 6.04 Å². The number of urea groups is 1. The number of benzene rings is 1. The van der Waals surface area contributed by atoms with E-state index in [-0.39, 0.29) is 23.9 Å². The Balaban J connectivity index is 2.51. The van der Waals surface area contributed by atoms with Crippen molar-refractivity contribution in [3.63, 3.8) is 0 Å². The normalized spacial score (nSPS) is 13.9. The lowest BCUT2D eigenvalue weighted by Crippen LogP contribution is -2.41. The molecule has 94 valence electrons. The van der Waals surface area contributed by atoms with Crippen LogP contribution in [-0.4, -0.2) is 12.1 Å². The van der Waals surface area contributed by atoms with E-state index in [0.29, 0.717) is 0 Å². The van der Waals surface area contributed by atoms with Gasteiger partial charge >= 0.3 is 6.03 Å². The zero-order valence-corrected chi connectivity index (χ0v) is 10.5. The summed E-state index contributed by atoms with van der Waals surface area (Å²) in [5.41, 5.74) is 0.880. The average molecular weight is 238 g/mol. The van der Waals surface area contributed by atoms with Gasteiger partial charge in [0.25, 0.3) is 0 Å². The summed E-state index contributed by atoms with van der Waals surface area (Å²) in [4.78, 5) is 11.6. The molecule has 2 N–H and O–H groups in total. The molecule has 0 fully saturated rings. The average Bonchev–Trinajstić information content (AvgIpc) is 2.29. The molecular formula is C13H19FN2O. The highest BCUT2D eigenvalue weighted by molar-refractivity contribution is 5.74. The fraction of sp³-hybridized carbons (Fsp3) is 0.462. The monoisotopic (exact) mass is 238 g/mol. The van der Waals surface area contributed by atoms with Crippen LogP contribution in [0.4, 0.5) is 9.18 Å². The van der Waals surface area contributed by atoms with E-state index in [4.69, 9.17) is 0 Å². The summed E-state index contributed by atoms with van der Waals surface area (Å²) in [6.07, 6.45) is 0.887. The highest BCUT2D eigenvalue weighted by Crippen LogP contribution is 2.12. The van der Waals surface area contributed by atoms with Crippen LogP contribution in [0.2, 0.25) is 0 Å². The van der Waals surface area contributed by atoms with Crippen molar-refractivity contribution in [1.29, 1.82) is 0 Å². The Kier molecular flexibility index (Phi) is 4.94. The molecule has 0 saturated carbocycles. The number of amides is 2. The topological polar surface area (TPSA) is 41.1 Å². The van der Waals surface area contributed by atoms with Crippen LogP contribution < -0.4 is 10.6 Å². The summed E-state index contributed by atoms with van der Waals surface area (Å²) in [7, 11) is 0. The van der Waals surface area contributed by atoms with Gasteiger partial charge < -0.3 is 10.6 Å². The standard InChI is InChI=1S/C13H19FN2O/c1-4-9(2)15-13(17)16-10(3)11-5-7-12(14)8-6-11/h5-10H,4H2,1-3H3,(H2,15,16,17)/t9-,10+/m1/s1. The summed E-state index contributed by atoms with van der Waals surface area (Å²) < 4.78 is 12.7. The van der Waals surface area contributed by atoms with E-state index in [0.717, 1.165) is 12.0 Å². The van der Waals surface area contributed by atoms with Gasteiger partial charge in [-0.25, -0.2) is 9.18 Å². The third-order valence-corrected chi connectivity index (χ3v) is 2.71. The molecule has 0 unspecified atom stereocenters. The smallest absolute Gasteiger partial charge is 0.315 e. The minimum atomic E-state index is -0.273. The Hall–Kier alpha value is -1.58. The van der Waals surface area contributed by atoms with Gasteiger partial charge in [-0.3, -0.25) is 0 Å². The first kappa shape index (κ1) is 13.5. The van der Waals surface area contributed by atoms with E-state index in [1.54, 1.807) is 12.1 Å². The number of carbonyl (C=O) groups excluding carboxylic acids is 1. The number of hydrogen-bond donors (Lipinski definition) is 2. The number of carbonyl (C=O) groups is 1. The highest BCUT2D eigenvalue weighted by atomic mass is 19.1. The summed E-state index contributed by atoms with van der Waals surface area (Å²) >= 11 is 0. The van der Waals surface area contributed by atoms with E-state index < -0.39 is 0 Å². The molecule has 2 atom stereocenters. The fourth-order valence-electron chi connectivity index (χ4n) is 1.40. The first-order valence-electron chi connectivity index (χ1n) is 5.85. The number of rotatable bonds is 4. The van der Waals surface area contributed by atoms with Crippen molar-refractivity contribution in [3.05, 3.63) is 35.6 Å². The van der Waals surface area contributed by atoms with Crippen molar-refractivity contribution in [3.8, 4) is 0 Å². The van der Waals surface area contributed by atoms with Crippen molar-refractivity contribution < 1.29 is 9.18 Å². The number of nitrogens with one attached hydrogen (secondary N) is 2. The molecule has 0 radical (unpaired) electrons. The molecule has 0 aliphatic rings. The molecule has 2 amide bonds. The molecule has 0 aromatic heterocycles. The first-order valence-corrected chi connectivity index (χ1v) is 5.85. The van der Waals surface area contributed by atoms with Crippen LogP contribution in [0.5, 0.6) is 0 Å². The maximum Gasteiger partial charge on any atom is 0.315 e. The van der Waals surface area contributed by atoms with Gasteiger partial charge in [0.15, 0.2) is 0 Å². The van der Waals surface area contributed by atoms with Gasteiger partial charge in [-0.15, -0.1) is 0 Å². The molecule has 0 bridgehead atoms. The van der Waals surface area contributed by atoms with Crippen LogP contribution >= 0.6 is 0 Å². The van der Waals surface area contributed by atoms with Crippen molar-refractivity contribution in [2.75, 3.05) is 0 Å². The van der Waals surface area contributed by atoms with Gasteiger partial charge in [-0.1, -0.05) is 19.1 Å². The summed E-state index contributed by atoms with van der Waals surface area (Å²) in [5, 5.41) is 5.63. The van der Waals surface area contributed by atoms with Gasteiger partial charge in [-0.2, -0.15) is 0 Å². The predicted octanol–water partition coefficient (Wildman–Crippen LogP) is 2.98. The predicted molar refractivity (Wildman–Crippen MR) is 66.2 cm³/mol. The summed E-state index contributed by atoms with van der Waals surface area (Å²) in [6, 6.07) is 5.93. The zero-order chi connectivity index (χ0) is 12.8. The van der Waals surface area contributed by atoms with Gasteiger partial charge in [0, 0.05) is 6.04 Å². The Morgan fingerprint density at radius 1 is 1.24 bits per heavy atom. The molecule has 0 aliphatic heterocycles. The minimum absolute atomic E-state index is 0.139. The van der Waals surface area contributed by atoms with E-state index in [1.165, 1.54) is 12.1 Å². The Morgan fingerprint density at radius 2 is 1.82 bits per heavy atom. The van der Waals surface area contributed by atoms with E-state index in [9.17, 15) is 9.18 Å². The molecular weight excluding hydrogens is 219 g/mol.